The van der Waals surface area contributed by atoms with E-state index in [1.54, 1.807) is 6.92 Å². The zero-order valence-electron chi connectivity index (χ0n) is 39.1. The summed E-state index contributed by atoms with van der Waals surface area (Å²) in [7, 11) is 0. The van der Waals surface area contributed by atoms with Gasteiger partial charge < -0.3 is 43.6 Å². The van der Waals surface area contributed by atoms with Gasteiger partial charge in [0.25, 0.3) is 0 Å². The first-order chi connectivity index (χ1) is 33.3. The fourth-order valence-electron chi connectivity index (χ4n) is 8.80. The standard InChI is InChI=1S/C56H67F2NO9/c1-40(60)51(62-35-41-22-12-8-13-23-41)48(59-50(61)31-21-7-5-3-2-4-6-18-28-44-32-33-46(57)34-47(44)58)38-65-56-54(64-37-43-26-16-10-17-27-43)53(63-36-42-24-14-9-15-25-42)52-49(67-56)39-66-55(68-52)45-29-19-11-20-30-45/h8-17,19-20,22-27,29-30,32-34,40,48-49,51-56,60H,2-7,18,21,28,31,35-39H2,1H3,(H,59,61)/t40-,48+,49?,51-,52+,53?,54?,55?,56+/m1/s1. The van der Waals surface area contributed by atoms with E-state index in [0.29, 0.717) is 24.8 Å². The molecule has 5 aromatic carbocycles. The lowest BCUT2D eigenvalue weighted by Gasteiger charge is -2.49. The summed E-state index contributed by atoms with van der Waals surface area (Å²) >= 11 is 0. The molecule has 2 N–H and O–H groups in total. The van der Waals surface area contributed by atoms with E-state index in [1.807, 2.05) is 121 Å². The molecule has 7 rings (SSSR count). The molecule has 10 nitrogen and oxygen atoms in total. The molecular formula is C56H67F2NO9. The Hall–Kier alpha value is -4.89. The molecule has 0 saturated carbocycles. The first kappa shape index (κ1) is 51.0. The molecule has 12 heteroatoms. The zero-order chi connectivity index (χ0) is 47.3. The number of nitrogens with one attached hydrogen (secondary N) is 1. The Balaban J connectivity index is 1.01. The highest BCUT2D eigenvalue weighted by Gasteiger charge is 2.52. The molecular weight excluding hydrogens is 869 g/mol. The molecule has 2 saturated heterocycles. The summed E-state index contributed by atoms with van der Waals surface area (Å²) in [6.45, 7) is 2.52. The number of hydrogen-bond donors (Lipinski definition) is 2. The number of hydrogen-bond acceptors (Lipinski definition) is 9. The van der Waals surface area contributed by atoms with Gasteiger partial charge in [-0.25, -0.2) is 8.78 Å². The summed E-state index contributed by atoms with van der Waals surface area (Å²) in [5.74, 6) is -1.21. The van der Waals surface area contributed by atoms with Crippen molar-refractivity contribution in [3.63, 3.8) is 0 Å². The van der Waals surface area contributed by atoms with Crippen LogP contribution >= 0.6 is 0 Å². The minimum Gasteiger partial charge on any atom is -0.391 e. The fraction of sp³-hybridized carbons (Fsp3) is 0.446. The third kappa shape index (κ3) is 15.8. The molecule has 364 valence electrons. The molecule has 2 aliphatic heterocycles. The van der Waals surface area contributed by atoms with Crippen molar-refractivity contribution in [2.45, 2.75) is 146 Å². The third-order valence-electron chi connectivity index (χ3n) is 12.5. The maximum atomic E-state index is 14.0. The lowest BCUT2D eigenvalue weighted by Crippen LogP contribution is -2.64. The molecule has 5 aromatic rings. The molecule has 2 aliphatic rings. The van der Waals surface area contributed by atoms with Gasteiger partial charge in [0.1, 0.15) is 42.2 Å². The Bertz CT molecular complexity index is 2190. The number of fused-ring (bicyclic) bond motifs is 1. The number of carbonyl (C=O) groups excluding carboxylic acids is 1. The van der Waals surface area contributed by atoms with Crippen LogP contribution in [0.4, 0.5) is 8.78 Å². The molecule has 0 bridgehead atoms. The van der Waals surface area contributed by atoms with Gasteiger partial charge in [0.05, 0.1) is 45.2 Å². The summed E-state index contributed by atoms with van der Waals surface area (Å²) in [5, 5.41) is 14.4. The minimum absolute atomic E-state index is 0.0725. The fourth-order valence-corrected chi connectivity index (χ4v) is 8.80. The average molecular weight is 936 g/mol. The van der Waals surface area contributed by atoms with E-state index in [1.165, 1.54) is 12.1 Å². The molecule has 2 fully saturated rings. The topological polar surface area (TPSA) is 114 Å². The Kier molecular flexibility index (Phi) is 20.5. The first-order valence-corrected chi connectivity index (χ1v) is 24.3. The maximum Gasteiger partial charge on any atom is 0.220 e. The van der Waals surface area contributed by atoms with Gasteiger partial charge in [-0.05, 0) is 54.5 Å². The van der Waals surface area contributed by atoms with Crippen molar-refractivity contribution in [3.8, 4) is 0 Å². The van der Waals surface area contributed by atoms with E-state index in [0.717, 1.165) is 73.3 Å². The summed E-state index contributed by atoms with van der Waals surface area (Å²) in [6, 6.07) is 42.2. The van der Waals surface area contributed by atoms with Gasteiger partial charge in [-0.1, -0.05) is 166 Å². The summed E-state index contributed by atoms with van der Waals surface area (Å²) in [5.41, 5.74) is 4.28. The predicted molar refractivity (Wildman–Crippen MR) is 255 cm³/mol. The third-order valence-corrected chi connectivity index (χ3v) is 12.5. The zero-order valence-corrected chi connectivity index (χ0v) is 39.1. The molecule has 0 spiro atoms. The van der Waals surface area contributed by atoms with Gasteiger partial charge in [-0.15, -0.1) is 0 Å². The number of halogens is 2. The number of aliphatic hydroxyl groups excluding tert-OH is 1. The van der Waals surface area contributed by atoms with E-state index in [4.69, 9.17) is 33.2 Å². The van der Waals surface area contributed by atoms with Crippen molar-refractivity contribution in [1.82, 2.24) is 5.32 Å². The number of rotatable bonds is 27. The number of ether oxygens (including phenoxy) is 7. The summed E-state index contributed by atoms with van der Waals surface area (Å²) < 4.78 is 73.6. The van der Waals surface area contributed by atoms with E-state index < -0.39 is 66.9 Å². The summed E-state index contributed by atoms with van der Waals surface area (Å²) in [6.07, 6.45) is 2.33. The van der Waals surface area contributed by atoms with E-state index in [-0.39, 0.29) is 38.9 Å². The van der Waals surface area contributed by atoms with Gasteiger partial charge in [-0.3, -0.25) is 4.79 Å². The van der Waals surface area contributed by atoms with Crippen LogP contribution < -0.4 is 5.32 Å². The lowest BCUT2D eigenvalue weighted by atomic mass is 9.96. The van der Waals surface area contributed by atoms with Crippen LogP contribution in [0.5, 0.6) is 0 Å². The van der Waals surface area contributed by atoms with Gasteiger partial charge in [0.15, 0.2) is 12.6 Å². The number of benzene rings is 5. The van der Waals surface area contributed by atoms with Crippen LogP contribution in [-0.2, 0) is 64.2 Å². The molecule has 9 atom stereocenters. The maximum absolute atomic E-state index is 14.0. The molecule has 1 amide bonds. The first-order valence-electron chi connectivity index (χ1n) is 24.3. The van der Waals surface area contributed by atoms with Crippen molar-refractivity contribution in [2.24, 2.45) is 0 Å². The molecule has 68 heavy (non-hydrogen) atoms. The molecule has 0 aromatic heterocycles. The van der Waals surface area contributed by atoms with Crippen molar-refractivity contribution in [3.05, 3.63) is 179 Å². The second-order valence-electron chi connectivity index (χ2n) is 17.8. The van der Waals surface area contributed by atoms with Crippen LogP contribution in [0.3, 0.4) is 0 Å². The SMILES string of the molecule is C[C@@H](O)[C@@H](OCc1ccccc1)[C@H](CO[C@H]1OC2COC(c3ccccc3)O[C@@H]2C(OCc2ccccc2)C1OCc1ccccc1)NC(=O)CCCCCCCCCCc1ccc(F)cc1F. The van der Waals surface area contributed by atoms with Crippen LogP contribution in [0.25, 0.3) is 0 Å². The summed E-state index contributed by atoms with van der Waals surface area (Å²) in [4.78, 5) is 13.7. The minimum atomic E-state index is -0.992. The Morgan fingerprint density at radius 1 is 0.676 bits per heavy atom. The largest absolute Gasteiger partial charge is 0.391 e. The quantitative estimate of drug-likeness (QED) is 0.0497. The normalized spacial score (nSPS) is 21.6. The molecule has 0 radical (unpaired) electrons. The highest BCUT2D eigenvalue weighted by Crippen LogP contribution is 2.37. The van der Waals surface area contributed by atoms with Gasteiger partial charge in [0, 0.05) is 18.1 Å². The molecule has 0 aliphatic carbocycles. The number of aliphatic hydroxyl groups is 1. The van der Waals surface area contributed by atoms with Crippen LogP contribution in [0.2, 0.25) is 0 Å². The number of carbonyl (C=O) groups is 1. The van der Waals surface area contributed by atoms with Gasteiger partial charge in [-0.2, -0.15) is 0 Å². The van der Waals surface area contributed by atoms with Crippen LogP contribution in [0.15, 0.2) is 140 Å². The number of amides is 1. The van der Waals surface area contributed by atoms with Crippen molar-refractivity contribution in [1.29, 1.82) is 0 Å². The average Bonchev–Trinajstić information content (AvgIpc) is 3.36. The van der Waals surface area contributed by atoms with Crippen molar-refractivity contribution >= 4 is 5.91 Å². The van der Waals surface area contributed by atoms with Crippen molar-refractivity contribution < 1.29 is 51.8 Å². The van der Waals surface area contributed by atoms with Crippen LogP contribution in [-0.4, -0.2) is 73.2 Å². The molecule has 4 unspecified atom stereocenters. The second kappa shape index (κ2) is 27.3. The lowest BCUT2D eigenvalue weighted by molar-refractivity contribution is -0.373. The highest BCUT2D eigenvalue weighted by atomic mass is 19.1. The van der Waals surface area contributed by atoms with Gasteiger partial charge in [0.2, 0.25) is 5.91 Å². The number of aryl methyl sites for hydroxylation is 1. The van der Waals surface area contributed by atoms with Gasteiger partial charge >= 0.3 is 0 Å². The molecule has 2 heterocycles. The Labute approximate surface area is 400 Å². The highest BCUT2D eigenvalue weighted by molar-refractivity contribution is 5.76. The smallest absolute Gasteiger partial charge is 0.220 e. The Morgan fingerprint density at radius 2 is 1.24 bits per heavy atom. The van der Waals surface area contributed by atoms with Crippen LogP contribution in [0.1, 0.15) is 98.8 Å². The van der Waals surface area contributed by atoms with Crippen molar-refractivity contribution in [2.75, 3.05) is 13.2 Å². The number of unbranched alkanes of at least 4 members (excludes halogenated alkanes) is 7. The van der Waals surface area contributed by atoms with E-state index in [9.17, 15) is 18.7 Å². The van der Waals surface area contributed by atoms with E-state index >= 15 is 0 Å². The monoisotopic (exact) mass is 935 g/mol. The predicted octanol–water partition coefficient (Wildman–Crippen LogP) is 10.5. The van der Waals surface area contributed by atoms with E-state index in [2.05, 4.69) is 5.32 Å². The Morgan fingerprint density at radius 3 is 1.84 bits per heavy atom. The van der Waals surface area contributed by atoms with Crippen LogP contribution in [0, 0.1) is 11.6 Å². The second-order valence-corrected chi connectivity index (χ2v) is 17.8.